The Kier molecular flexibility index (Phi) is 10.8. The third kappa shape index (κ3) is 11.9. The van der Waals surface area contributed by atoms with Gasteiger partial charge in [0.2, 0.25) is 15.9 Å². The van der Waals surface area contributed by atoms with Crippen molar-refractivity contribution in [1.82, 2.24) is 15.4 Å². The van der Waals surface area contributed by atoms with Crippen molar-refractivity contribution in [2.75, 3.05) is 25.9 Å². The molecule has 0 aromatic heterocycles. The average molecular weight is 288 g/mol. The summed E-state index contributed by atoms with van der Waals surface area (Å²) >= 11 is 0. The molecule has 0 aromatic carbocycles. The second-order valence-electron chi connectivity index (χ2n) is 3.65. The van der Waals surface area contributed by atoms with E-state index in [1.165, 1.54) is 6.92 Å². The first-order valence-electron chi connectivity index (χ1n) is 5.32. The fourth-order valence-corrected chi connectivity index (χ4v) is 1.85. The molecule has 0 saturated heterocycles. The summed E-state index contributed by atoms with van der Waals surface area (Å²) in [6.07, 6.45) is 2.07. The second-order valence-corrected chi connectivity index (χ2v) is 5.43. The van der Waals surface area contributed by atoms with E-state index in [1.807, 2.05) is 0 Å². The lowest BCUT2D eigenvalue weighted by molar-refractivity contribution is -0.122. The number of hydrogen-bond donors (Lipinski definition) is 3. The van der Waals surface area contributed by atoms with E-state index < -0.39 is 16.1 Å². The largest absolute Gasteiger partial charge is 0.353 e. The second kappa shape index (κ2) is 9.64. The highest BCUT2D eigenvalue weighted by Gasteiger charge is 2.15. The summed E-state index contributed by atoms with van der Waals surface area (Å²) in [7, 11) is -3.33. The summed E-state index contributed by atoms with van der Waals surface area (Å²) in [5.41, 5.74) is 0. The van der Waals surface area contributed by atoms with Crippen LogP contribution in [0.2, 0.25) is 0 Å². The van der Waals surface area contributed by atoms with Crippen molar-refractivity contribution < 1.29 is 13.2 Å². The Balaban J connectivity index is 0. The standard InChI is InChI=1S/C9H21N3O3S.ClH/c1-4-5-10-6-7-11-9(13)8(2)12-16(3,14)15;/h8,10,12H,4-7H2,1-3H3,(H,11,13);1H. The molecule has 0 aliphatic heterocycles. The Morgan fingerprint density at radius 2 is 1.82 bits per heavy atom. The zero-order chi connectivity index (χ0) is 12.6. The number of hydrogen-bond acceptors (Lipinski definition) is 4. The number of carbonyl (C=O) groups is 1. The maximum absolute atomic E-state index is 11.4. The van der Waals surface area contributed by atoms with Crippen LogP contribution >= 0.6 is 12.4 Å². The number of nitrogens with one attached hydrogen (secondary N) is 3. The molecule has 0 spiro atoms. The zero-order valence-electron chi connectivity index (χ0n) is 10.4. The number of carbonyl (C=O) groups excluding carboxylic acids is 1. The fourth-order valence-electron chi connectivity index (χ4n) is 1.10. The average Bonchev–Trinajstić information content (AvgIpc) is 2.14. The summed E-state index contributed by atoms with van der Waals surface area (Å²) < 4.78 is 23.9. The lowest BCUT2D eigenvalue weighted by atomic mass is 10.3. The summed E-state index contributed by atoms with van der Waals surface area (Å²) in [4.78, 5) is 11.4. The Morgan fingerprint density at radius 3 is 2.29 bits per heavy atom. The predicted molar refractivity (Wildman–Crippen MR) is 70.9 cm³/mol. The van der Waals surface area contributed by atoms with Crippen LogP contribution in [-0.2, 0) is 14.8 Å². The van der Waals surface area contributed by atoms with Gasteiger partial charge in [-0.2, -0.15) is 0 Å². The van der Waals surface area contributed by atoms with Crippen molar-refractivity contribution in [2.45, 2.75) is 26.3 Å². The molecule has 0 radical (unpaired) electrons. The van der Waals surface area contributed by atoms with Crippen LogP contribution in [0.25, 0.3) is 0 Å². The van der Waals surface area contributed by atoms with Crippen LogP contribution in [0.5, 0.6) is 0 Å². The predicted octanol–water partition coefficient (Wildman–Crippen LogP) is -0.538. The van der Waals surface area contributed by atoms with Crippen LogP contribution in [0.1, 0.15) is 20.3 Å². The quantitative estimate of drug-likeness (QED) is 0.523. The van der Waals surface area contributed by atoms with Crippen molar-refractivity contribution in [3.05, 3.63) is 0 Å². The van der Waals surface area contributed by atoms with E-state index in [0.717, 1.165) is 19.2 Å². The molecule has 0 rings (SSSR count). The molecule has 0 fully saturated rings. The Hall–Kier alpha value is -0.370. The molecule has 6 nitrogen and oxygen atoms in total. The van der Waals surface area contributed by atoms with Crippen LogP contribution < -0.4 is 15.4 Å². The molecule has 8 heteroatoms. The number of halogens is 1. The molecular weight excluding hydrogens is 266 g/mol. The van der Waals surface area contributed by atoms with E-state index in [9.17, 15) is 13.2 Å². The van der Waals surface area contributed by atoms with E-state index in [2.05, 4.69) is 22.3 Å². The van der Waals surface area contributed by atoms with Gasteiger partial charge in [-0.05, 0) is 19.9 Å². The van der Waals surface area contributed by atoms with Gasteiger partial charge in [0.25, 0.3) is 0 Å². The van der Waals surface area contributed by atoms with Gasteiger partial charge in [0, 0.05) is 13.1 Å². The summed E-state index contributed by atoms with van der Waals surface area (Å²) in [5, 5.41) is 5.76. The van der Waals surface area contributed by atoms with Crippen molar-refractivity contribution in [3.8, 4) is 0 Å². The highest BCUT2D eigenvalue weighted by molar-refractivity contribution is 7.88. The van der Waals surface area contributed by atoms with E-state index in [4.69, 9.17) is 0 Å². The maximum atomic E-state index is 11.4. The molecule has 0 aliphatic carbocycles. The van der Waals surface area contributed by atoms with Crippen LogP contribution in [0.15, 0.2) is 0 Å². The maximum Gasteiger partial charge on any atom is 0.237 e. The number of amides is 1. The molecular formula is C9H22ClN3O3S. The zero-order valence-corrected chi connectivity index (χ0v) is 12.1. The fraction of sp³-hybridized carbons (Fsp3) is 0.889. The molecule has 1 amide bonds. The molecule has 0 saturated carbocycles. The smallest absolute Gasteiger partial charge is 0.237 e. The minimum absolute atomic E-state index is 0. The third-order valence-corrected chi connectivity index (χ3v) is 2.59. The molecule has 1 atom stereocenters. The minimum atomic E-state index is -3.33. The van der Waals surface area contributed by atoms with Crippen LogP contribution in [0, 0.1) is 0 Å². The Bertz CT molecular complexity index is 309. The molecule has 0 aromatic rings. The van der Waals surface area contributed by atoms with Crippen LogP contribution in [0.4, 0.5) is 0 Å². The first-order chi connectivity index (χ1) is 7.37. The molecule has 104 valence electrons. The number of rotatable bonds is 8. The van der Waals surface area contributed by atoms with E-state index in [1.54, 1.807) is 0 Å². The summed E-state index contributed by atoms with van der Waals surface area (Å²) in [6.45, 7) is 5.66. The van der Waals surface area contributed by atoms with Crippen LogP contribution in [-0.4, -0.2) is 46.3 Å². The molecule has 0 bridgehead atoms. The Labute approximate surface area is 109 Å². The topological polar surface area (TPSA) is 87.3 Å². The molecule has 1 unspecified atom stereocenters. The normalized spacial score (nSPS) is 12.6. The van der Waals surface area contributed by atoms with Gasteiger partial charge in [0.05, 0.1) is 12.3 Å². The van der Waals surface area contributed by atoms with Crippen molar-refractivity contribution in [3.63, 3.8) is 0 Å². The lowest BCUT2D eigenvalue weighted by Crippen LogP contribution is -2.45. The summed E-state index contributed by atoms with van der Waals surface area (Å²) in [6, 6.07) is -0.735. The van der Waals surface area contributed by atoms with Gasteiger partial charge < -0.3 is 10.6 Å². The molecule has 0 heterocycles. The molecule has 3 N–H and O–H groups in total. The van der Waals surface area contributed by atoms with E-state index >= 15 is 0 Å². The summed E-state index contributed by atoms with van der Waals surface area (Å²) in [5.74, 6) is -0.316. The van der Waals surface area contributed by atoms with Crippen LogP contribution in [0.3, 0.4) is 0 Å². The monoisotopic (exact) mass is 287 g/mol. The van der Waals surface area contributed by atoms with Gasteiger partial charge in [0.15, 0.2) is 0 Å². The van der Waals surface area contributed by atoms with Gasteiger partial charge in [-0.25, -0.2) is 13.1 Å². The molecule has 0 aliphatic rings. The highest BCUT2D eigenvalue weighted by atomic mass is 35.5. The van der Waals surface area contributed by atoms with Gasteiger partial charge in [-0.15, -0.1) is 12.4 Å². The third-order valence-electron chi connectivity index (χ3n) is 1.81. The minimum Gasteiger partial charge on any atom is -0.353 e. The van der Waals surface area contributed by atoms with Gasteiger partial charge in [-0.3, -0.25) is 4.79 Å². The van der Waals surface area contributed by atoms with Gasteiger partial charge in [-0.1, -0.05) is 6.92 Å². The van der Waals surface area contributed by atoms with E-state index in [-0.39, 0.29) is 18.3 Å². The van der Waals surface area contributed by atoms with Gasteiger partial charge in [0.1, 0.15) is 0 Å². The number of sulfonamides is 1. The highest BCUT2D eigenvalue weighted by Crippen LogP contribution is 1.85. The van der Waals surface area contributed by atoms with E-state index in [0.29, 0.717) is 13.1 Å². The van der Waals surface area contributed by atoms with Gasteiger partial charge >= 0.3 is 0 Å². The SMILES string of the molecule is CCCNCCNC(=O)C(C)NS(C)(=O)=O.Cl. The van der Waals surface area contributed by atoms with Crippen molar-refractivity contribution in [2.24, 2.45) is 0 Å². The first kappa shape index (κ1) is 19.0. The first-order valence-corrected chi connectivity index (χ1v) is 7.21. The van der Waals surface area contributed by atoms with Crippen molar-refractivity contribution >= 4 is 28.3 Å². The van der Waals surface area contributed by atoms with Crippen molar-refractivity contribution in [1.29, 1.82) is 0 Å². The Morgan fingerprint density at radius 1 is 1.24 bits per heavy atom. The molecule has 17 heavy (non-hydrogen) atoms. The lowest BCUT2D eigenvalue weighted by Gasteiger charge is -2.12.